The van der Waals surface area contributed by atoms with Crippen molar-refractivity contribution < 1.29 is 14.0 Å². The van der Waals surface area contributed by atoms with Gasteiger partial charge < -0.3 is 9.73 Å². The molecule has 0 aliphatic carbocycles. The Labute approximate surface area is 155 Å². The molecule has 7 heteroatoms. The zero-order valence-electron chi connectivity index (χ0n) is 14.5. The quantitative estimate of drug-likeness (QED) is 0.695. The van der Waals surface area contributed by atoms with Crippen LogP contribution in [0.1, 0.15) is 28.6 Å². The minimum absolute atomic E-state index is 0.0477. The van der Waals surface area contributed by atoms with E-state index in [1.54, 1.807) is 12.1 Å². The number of hydrogen-bond acceptors (Lipinski definition) is 5. The second-order valence-corrected chi connectivity index (χ2v) is 6.69. The fourth-order valence-electron chi connectivity index (χ4n) is 2.39. The van der Waals surface area contributed by atoms with Gasteiger partial charge in [-0.05, 0) is 43.2 Å². The predicted octanol–water partition coefficient (Wildman–Crippen LogP) is 3.64. The van der Waals surface area contributed by atoms with Crippen molar-refractivity contribution in [3.8, 4) is 11.5 Å². The van der Waals surface area contributed by atoms with E-state index in [-0.39, 0.29) is 11.8 Å². The lowest BCUT2D eigenvalue weighted by Gasteiger charge is -2.05. The van der Waals surface area contributed by atoms with Gasteiger partial charge in [-0.2, -0.15) is 0 Å². The molecular formula is C19H19N3O3S. The molecule has 6 nitrogen and oxygen atoms in total. The van der Waals surface area contributed by atoms with E-state index in [2.05, 4.69) is 15.6 Å². The van der Waals surface area contributed by atoms with Crippen LogP contribution in [-0.4, -0.2) is 23.3 Å². The Hall–Kier alpha value is -2.93. The third kappa shape index (κ3) is 4.58. The maximum atomic E-state index is 12.4. The van der Waals surface area contributed by atoms with Crippen molar-refractivity contribution in [2.24, 2.45) is 0 Å². The molecule has 2 N–H and O–H groups in total. The number of hydrogen-bond donors (Lipinski definition) is 2. The summed E-state index contributed by atoms with van der Waals surface area (Å²) < 4.78 is 5.54. The van der Waals surface area contributed by atoms with Gasteiger partial charge in [-0.1, -0.05) is 12.1 Å². The number of nitrogens with zero attached hydrogens (tertiary/aromatic N) is 1. The first kappa shape index (κ1) is 17.9. The average molecular weight is 369 g/mol. The Morgan fingerprint density at radius 1 is 1.15 bits per heavy atom. The molecule has 26 heavy (non-hydrogen) atoms. The van der Waals surface area contributed by atoms with Gasteiger partial charge in [0.15, 0.2) is 10.9 Å². The molecule has 2 heterocycles. The van der Waals surface area contributed by atoms with Crippen molar-refractivity contribution in [1.82, 2.24) is 10.3 Å². The van der Waals surface area contributed by atoms with Crippen LogP contribution in [0.25, 0.3) is 11.5 Å². The standard InChI is InChI=1S/C19H19N3O3S/c1-12-3-8-17(25-12)16-11-26-19(21-16)22-18(24)15-6-4-14(5-7-15)9-10-20-13(2)23/h3-8,11H,9-10H2,1-2H3,(H,20,23)(H,21,22,24). The lowest BCUT2D eigenvalue weighted by Crippen LogP contribution is -2.22. The summed E-state index contributed by atoms with van der Waals surface area (Å²) in [6, 6.07) is 11.0. The minimum atomic E-state index is -0.213. The van der Waals surface area contributed by atoms with E-state index in [1.807, 2.05) is 36.6 Å². The summed E-state index contributed by atoms with van der Waals surface area (Å²) in [6.45, 7) is 3.94. The highest BCUT2D eigenvalue weighted by molar-refractivity contribution is 7.14. The van der Waals surface area contributed by atoms with E-state index in [9.17, 15) is 9.59 Å². The molecule has 0 saturated heterocycles. The molecule has 2 aromatic heterocycles. The summed E-state index contributed by atoms with van der Waals surface area (Å²) in [4.78, 5) is 27.6. The van der Waals surface area contributed by atoms with Crippen LogP contribution >= 0.6 is 11.3 Å². The summed E-state index contributed by atoms with van der Waals surface area (Å²) in [5.41, 5.74) is 2.31. The normalized spacial score (nSPS) is 10.5. The first-order chi connectivity index (χ1) is 12.5. The lowest BCUT2D eigenvalue weighted by molar-refractivity contribution is -0.118. The smallest absolute Gasteiger partial charge is 0.257 e. The number of carbonyl (C=O) groups is 2. The van der Waals surface area contributed by atoms with Crippen molar-refractivity contribution in [3.63, 3.8) is 0 Å². The number of carbonyl (C=O) groups excluding carboxylic acids is 2. The highest BCUT2D eigenvalue weighted by Crippen LogP contribution is 2.26. The summed E-state index contributed by atoms with van der Waals surface area (Å²) in [6.07, 6.45) is 0.722. The molecule has 3 rings (SSSR count). The van der Waals surface area contributed by atoms with Crippen molar-refractivity contribution in [2.75, 3.05) is 11.9 Å². The summed E-state index contributed by atoms with van der Waals surface area (Å²) in [5, 5.41) is 7.92. The van der Waals surface area contributed by atoms with Gasteiger partial charge in [0, 0.05) is 24.4 Å². The van der Waals surface area contributed by atoms with E-state index in [0.717, 1.165) is 17.7 Å². The number of rotatable bonds is 6. The Kier molecular flexibility index (Phi) is 5.48. The number of anilines is 1. The summed E-state index contributed by atoms with van der Waals surface area (Å²) in [7, 11) is 0. The summed E-state index contributed by atoms with van der Waals surface area (Å²) in [5.74, 6) is 1.24. The molecule has 2 amide bonds. The molecule has 0 aliphatic rings. The van der Waals surface area contributed by atoms with Crippen LogP contribution in [0.15, 0.2) is 46.2 Å². The Morgan fingerprint density at radius 3 is 2.58 bits per heavy atom. The van der Waals surface area contributed by atoms with E-state index in [4.69, 9.17) is 4.42 Å². The van der Waals surface area contributed by atoms with Crippen LogP contribution in [-0.2, 0) is 11.2 Å². The number of benzene rings is 1. The maximum Gasteiger partial charge on any atom is 0.257 e. The van der Waals surface area contributed by atoms with Crippen LogP contribution in [0, 0.1) is 6.92 Å². The number of amides is 2. The molecule has 0 atom stereocenters. The predicted molar refractivity (Wildman–Crippen MR) is 101 cm³/mol. The van der Waals surface area contributed by atoms with Gasteiger partial charge in [0.25, 0.3) is 5.91 Å². The Morgan fingerprint density at radius 2 is 1.92 bits per heavy atom. The van der Waals surface area contributed by atoms with Gasteiger partial charge >= 0.3 is 0 Å². The van der Waals surface area contributed by atoms with Gasteiger partial charge in [0.2, 0.25) is 5.91 Å². The van der Waals surface area contributed by atoms with Crippen LogP contribution in [0.3, 0.4) is 0 Å². The number of nitrogens with one attached hydrogen (secondary N) is 2. The fourth-order valence-corrected chi connectivity index (χ4v) is 3.09. The second-order valence-electron chi connectivity index (χ2n) is 5.83. The van der Waals surface area contributed by atoms with Gasteiger partial charge in [-0.15, -0.1) is 11.3 Å². The van der Waals surface area contributed by atoms with Crippen LogP contribution < -0.4 is 10.6 Å². The van der Waals surface area contributed by atoms with E-state index in [0.29, 0.717) is 28.7 Å². The van der Waals surface area contributed by atoms with Gasteiger partial charge in [-0.25, -0.2) is 4.98 Å². The Balaban J connectivity index is 1.59. The Bertz CT molecular complexity index is 912. The molecular weight excluding hydrogens is 350 g/mol. The van der Waals surface area contributed by atoms with E-state index < -0.39 is 0 Å². The minimum Gasteiger partial charge on any atom is -0.460 e. The zero-order valence-corrected chi connectivity index (χ0v) is 15.4. The van der Waals surface area contributed by atoms with E-state index in [1.165, 1.54) is 18.3 Å². The van der Waals surface area contributed by atoms with Crippen molar-refractivity contribution in [2.45, 2.75) is 20.3 Å². The average Bonchev–Trinajstić information content (AvgIpc) is 3.24. The first-order valence-electron chi connectivity index (χ1n) is 8.18. The maximum absolute atomic E-state index is 12.4. The molecule has 1 aromatic carbocycles. The van der Waals surface area contributed by atoms with Crippen molar-refractivity contribution >= 4 is 28.3 Å². The van der Waals surface area contributed by atoms with Crippen LogP contribution in [0.4, 0.5) is 5.13 Å². The zero-order chi connectivity index (χ0) is 18.5. The monoisotopic (exact) mass is 369 g/mol. The van der Waals surface area contributed by atoms with Gasteiger partial charge in [-0.3, -0.25) is 14.9 Å². The summed E-state index contributed by atoms with van der Waals surface area (Å²) >= 11 is 1.35. The number of aryl methyl sites for hydroxylation is 1. The molecule has 0 saturated carbocycles. The lowest BCUT2D eigenvalue weighted by atomic mass is 10.1. The van der Waals surface area contributed by atoms with Crippen LogP contribution in [0.2, 0.25) is 0 Å². The van der Waals surface area contributed by atoms with Crippen LogP contribution in [0.5, 0.6) is 0 Å². The largest absolute Gasteiger partial charge is 0.460 e. The molecule has 3 aromatic rings. The molecule has 0 radical (unpaired) electrons. The molecule has 0 bridgehead atoms. The number of thiazole rings is 1. The molecule has 0 spiro atoms. The van der Waals surface area contributed by atoms with Gasteiger partial charge in [0.1, 0.15) is 11.5 Å². The van der Waals surface area contributed by atoms with Crippen molar-refractivity contribution in [3.05, 3.63) is 58.7 Å². The van der Waals surface area contributed by atoms with E-state index >= 15 is 0 Å². The fraction of sp³-hybridized carbons (Fsp3) is 0.211. The highest BCUT2D eigenvalue weighted by atomic mass is 32.1. The SMILES string of the molecule is CC(=O)NCCc1ccc(C(=O)Nc2nc(-c3ccc(C)o3)cs2)cc1. The second kappa shape index (κ2) is 7.97. The molecule has 134 valence electrons. The third-order valence-corrected chi connectivity index (χ3v) is 4.48. The highest BCUT2D eigenvalue weighted by Gasteiger charge is 2.11. The topological polar surface area (TPSA) is 84.2 Å². The van der Waals surface area contributed by atoms with Gasteiger partial charge in [0.05, 0.1) is 0 Å². The number of aromatic nitrogens is 1. The number of furan rings is 1. The third-order valence-electron chi connectivity index (χ3n) is 3.72. The first-order valence-corrected chi connectivity index (χ1v) is 9.06. The molecule has 0 unspecified atom stereocenters. The van der Waals surface area contributed by atoms with Crippen molar-refractivity contribution in [1.29, 1.82) is 0 Å². The molecule has 0 aliphatic heterocycles. The molecule has 0 fully saturated rings.